The van der Waals surface area contributed by atoms with Crippen molar-refractivity contribution in [2.45, 2.75) is 13.0 Å². The Morgan fingerprint density at radius 3 is 3.00 bits per heavy atom. The Bertz CT molecular complexity index is 615. The van der Waals surface area contributed by atoms with Crippen molar-refractivity contribution < 1.29 is 13.9 Å². The molecule has 1 heterocycles. The molecule has 0 unspecified atom stereocenters. The molecule has 1 aromatic heterocycles. The Morgan fingerprint density at radius 1 is 1.52 bits per heavy atom. The number of carbonyl (C=O) groups excluding carboxylic acids is 1. The average molecular weight is 293 g/mol. The molecule has 1 aromatic carbocycles. The van der Waals surface area contributed by atoms with Gasteiger partial charge in [-0.15, -0.1) is 5.10 Å². The molecule has 0 aliphatic heterocycles. The van der Waals surface area contributed by atoms with Crippen LogP contribution in [-0.4, -0.2) is 34.6 Å². The lowest BCUT2D eigenvalue weighted by Crippen LogP contribution is -2.11. The Labute approximate surface area is 120 Å². The topological polar surface area (TPSA) is 95.1 Å². The van der Waals surface area contributed by atoms with Crippen LogP contribution in [0.4, 0.5) is 15.8 Å². The van der Waals surface area contributed by atoms with Crippen LogP contribution in [0.5, 0.6) is 0 Å². The number of carbonyl (C=O) groups is 1. The number of hydrogen-bond acceptors (Lipinski definition) is 6. The van der Waals surface area contributed by atoms with Crippen LogP contribution in [0.1, 0.15) is 16.8 Å². The monoisotopic (exact) mass is 293 g/mol. The molecule has 112 valence electrons. The number of halogens is 1. The fraction of sp³-hybridized carbons (Fsp3) is 0.308. The first-order valence-corrected chi connectivity index (χ1v) is 6.37. The third-order valence-electron chi connectivity index (χ3n) is 2.90. The number of methoxy groups -OCH3 is 1. The standard InChI is InChI=1S/C13H16FN5O2/c1-21-13(20)9-7-12(10(14)8-11(9)15)16-3-2-5-19-6-4-17-18-19/h4,6-8,16H,2-3,5,15H2,1H3. The van der Waals surface area contributed by atoms with E-state index in [1.54, 1.807) is 17.1 Å². The lowest BCUT2D eigenvalue weighted by molar-refractivity contribution is 0.0602. The highest BCUT2D eigenvalue weighted by atomic mass is 19.1. The summed E-state index contributed by atoms with van der Waals surface area (Å²) in [5, 5.41) is 10.4. The molecule has 0 aliphatic rings. The van der Waals surface area contributed by atoms with Crippen LogP contribution in [-0.2, 0) is 11.3 Å². The fourth-order valence-corrected chi connectivity index (χ4v) is 1.83. The number of ether oxygens (including phenoxy) is 1. The maximum atomic E-state index is 13.8. The minimum atomic E-state index is -0.599. The van der Waals surface area contributed by atoms with E-state index in [1.807, 2.05) is 0 Å². The van der Waals surface area contributed by atoms with Crippen molar-refractivity contribution in [3.8, 4) is 0 Å². The van der Waals surface area contributed by atoms with Crippen LogP contribution in [0.15, 0.2) is 24.5 Å². The van der Waals surface area contributed by atoms with Crippen LogP contribution in [0.2, 0.25) is 0 Å². The number of nitrogens with zero attached hydrogens (tertiary/aromatic N) is 3. The van der Waals surface area contributed by atoms with Gasteiger partial charge in [0, 0.05) is 25.0 Å². The van der Waals surface area contributed by atoms with Crippen molar-refractivity contribution in [2.75, 3.05) is 24.7 Å². The van der Waals surface area contributed by atoms with E-state index in [-0.39, 0.29) is 16.9 Å². The summed E-state index contributed by atoms with van der Waals surface area (Å²) in [4.78, 5) is 11.5. The van der Waals surface area contributed by atoms with Gasteiger partial charge in [0.15, 0.2) is 0 Å². The molecule has 0 radical (unpaired) electrons. The van der Waals surface area contributed by atoms with Crippen molar-refractivity contribution in [3.05, 3.63) is 35.9 Å². The molecule has 3 N–H and O–H groups in total. The van der Waals surface area contributed by atoms with Crippen molar-refractivity contribution >= 4 is 17.3 Å². The summed E-state index contributed by atoms with van der Waals surface area (Å²) in [5.41, 5.74) is 6.00. The van der Waals surface area contributed by atoms with Crippen LogP contribution >= 0.6 is 0 Å². The maximum absolute atomic E-state index is 13.8. The SMILES string of the molecule is COC(=O)c1cc(NCCCn2ccnn2)c(F)cc1N. The van der Waals surface area contributed by atoms with Gasteiger partial charge in [-0.25, -0.2) is 9.18 Å². The summed E-state index contributed by atoms with van der Waals surface area (Å²) >= 11 is 0. The largest absolute Gasteiger partial charge is 0.465 e. The molecule has 0 aliphatic carbocycles. The van der Waals surface area contributed by atoms with Crippen LogP contribution in [0.25, 0.3) is 0 Å². The molecule has 0 saturated heterocycles. The van der Waals surface area contributed by atoms with Crippen molar-refractivity contribution in [3.63, 3.8) is 0 Å². The number of nitrogens with two attached hydrogens (primary N) is 1. The molecule has 0 atom stereocenters. The van der Waals surface area contributed by atoms with E-state index >= 15 is 0 Å². The smallest absolute Gasteiger partial charge is 0.340 e. The zero-order valence-corrected chi connectivity index (χ0v) is 11.5. The molecule has 0 fully saturated rings. The number of anilines is 2. The van der Waals surface area contributed by atoms with E-state index < -0.39 is 11.8 Å². The number of nitrogens with one attached hydrogen (secondary N) is 1. The molecule has 0 bridgehead atoms. The molecular formula is C13H16FN5O2. The van der Waals surface area contributed by atoms with Crippen LogP contribution < -0.4 is 11.1 Å². The van der Waals surface area contributed by atoms with Gasteiger partial charge in [0.05, 0.1) is 24.6 Å². The summed E-state index contributed by atoms with van der Waals surface area (Å²) in [6, 6.07) is 2.46. The molecule has 0 spiro atoms. The molecule has 8 heteroatoms. The van der Waals surface area contributed by atoms with E-state index in [1.165, 1.54) is 13.2 Å². The molecule has 2 rings (SSSR count). The van der Waals surface area contributed by atoms with E-state index in [9.17, 15) is 9.18 Å². The van der Waals surface area contributed by atoms with E-state index in [4.69, 9.17) is 5.73 Å². The number of benzene rings is 1. The molecule has 0 saturated carbocycles. The Hall–Kier alpha value is -2.64. The number of hydrogen-bond donors (Lipinski definition) is 2. The summed E-state index contributed by atoms with van der Waals surface area (Å²) in [5.74, 6) is -1.11. The fourth-order valence-electron chi connectivity index (χ4n) is 1.83. The summed E-state index contributed by atoms with van der Waals surface area (Å²) < 4.78 is 20.1. The number of aryl methyl sites for hydroxylation is 1. The second-order valence-electron chi connectivity index (χ2n) is 4.36. The Kier molecular flexibility index (Phi) is 4.70. The second kappa shape index (κ2) is 6.69. The minimum absolute atomic E-state index is 0.0486. The average Bonchev–Trinajstić information content (AvgIpc) is 2.98. The Morgan fingerprint density at radius 2 is 2.33 bits per heavy atom. The van der Waals surface area contributed by atoms with Crippen LogP contribution in [0, 0.1) is 5.82 Å². The highest BCUT2D eigenvalue weighted by molar-refractivity contribution is 5.96. The van der Waals surface area contributed by atoms with Gasteiger partial charge in [-0.3, -0.25) is 4.68 Å². The number of rotatable bonds is 6. The zero-order valence-electron chi connectivity index (χ0n) is 11.5. The highest BCUT2D eigenvalue weighted by Crippen LogP contribution is 2.22. The number of nitrogen functional groups attached to an aromatic ring is 1. The molecular weight excluding hydrogens is 277 g/mol. The normalized spacial score (nSPS) is 10.4. The maximum Gasteiger partial charge on any atom is 0.340 e. The summed E-state index contributed by atoms with van der Waals surface area (Å²) in [6.45, 7) is 1.18. The Balaban J connectivity index is 1.97. The quantitative estimate of drug-likeness (QED) is 0.473. The second-order valence-corrected chi connectivity index (χ2v) is 4.36. The first-order valence-electron chi connectivity index (χ1n) is 6.37. The summed E-state index contributed by atoms with van der Waals surface area (Å²) in [6.07, 6.45) is 4.07. The summed E-state index contributed by atoms with van der Waals surface area (Å²) in [7, 11) is 1.25. The zero-order chi connectivity index (χ0) is 15.2. The molecule has 21 heavy (non-hydrogen) atoms. The van der Waals surface area contributed by atoms with Gasteiger partial charge in [0.1, 0.15) is 5.82 Å². The van der Waals surface area contributed by atoms with Crippen molar-refractivity contribution in [2.24, 2.45) is 0 Å². The van der Waals surface area contributed by atoms with Gasteiger partial charge in [0.2, 0.25) is 0 Å². The van der Waals surface area contributed by atoms with Gasteiger partial charge in [0.25, 0.3) is 0 Å². The van der Waals surface area contributed by atoms with Gasteiger partial charge in [-0.05, 0) is 18.6 Å². The lowest BCUT2D eigenvalue weighted by atomic mass is 10.1. The van der Waals surface area contributed by atoms with E-state index in [2.05, 4.69) is 20.4 Å². The first-order chi connectivity index (χ1) is 10.1. The minimum Gasteiger partial charge on any atom is -0.465 e. The van der Waals surface area contributed by atoms with Gasteiger partial charge >= 0.3 is 5.97 Å². The van der Waals surface area contributed by atoms with Gasteiger partial charge < -0.3 is 15.8 Å². The highest BCUT2D eigenvalue weighted by Gasteiger charge is 2.14. The predicted molar refractivity (Wildman–Crippen MR) is 75.3 cm³/mol. The number of aromatic nitrogens is 3. The molecule has 7 nitrogen and oxygen atoms in total. The van der Waals surface area contributed by atoms with E-state index in [0.717, 1.165) is 12.5 Å². The molecule has 2 aromatic rings. The van der Waals surface area contributed by atoms with Gasteiger partial charge in [-0.1, -0.05) is 5.21 Å². The first kappa shape index (κ1) is 14.8. The van der Waals surface area contributed by atoms with Crippen molar-refractivity contribution in [1.82, 2.24) is 15.0 Å². The third kappa shape index (κ3) is 3.68. The van der Waals surface area contributed by atoms with Gasteiger partial charge in [-0.2, -0.15) is 0 Å². The van der Waals surface area contributed by atoms with Crippen LogP contribution in [0.3, 0.4) is 0 Å². The van der Waals surface area contributed by atoms with E-state index in [0.29, 0.717) is 13.1 Å². The third-order valence-corrected chi connectivity index (χ3v) is 2.90. The lowest BCUT2D eigenvalue weighted by Gasteiger charge is -2.11. The number of esters is 1. The molecule has 0 amide bonds. The predicted octanol–water partition coefficient (Wildman–Crippen LogP) is 1.29. The van der Waals surface area contributed by atoms with Crippen molar-refractivity contribution in [1.29, 1.82) is 0 Å².